The largest absolute Gasteiger partial charge is 0.394 e. The molecule has 1 heterocycles. The van der Waals surface area contributed by atoms with Crippen molar-refractivity contribution in [2.24, 2.45) is 13.0 Å². The van der Waals surface area contributed by atoms with Crippen LogP contribution in [0.25, 0.3) is 0 Å². The lowest BCUT2D eigenvalue weighted by molar-refractivity contribution is 0.317. The lowest BCUT2D eigenvalue weighted by atomic mass is 9.83. The Labute approximate surface area is 97.2 Å². The van der Waals surface area contributed by atoms with Gasteiger partial charge in [-0.2, -0.15) is 5.10 Å². The van der Waals surface area contributed by atoms with E-state index in [-0.39, 0.29) is 0 Å². The van der Waals surface area contributed by atoms with Crippen LogP contribution in [0.4, 0.5) is 11.5 Å². The fraction of sp³-hybridized carbons (Fsp3) is 0.750. The van der Waals surface area contributed by atoms with Crippen molar-refractivity contribution < 1.29 is 0 Å². The highest BCUT2D eigenvalue weighted by Crippen LogP contribution is 2.30. The smallest absolute Gasteiger partial charge is 0.171 e. The SMILES string of the molecule is CCC1CCCCC1Nc1nn(C)cc1N. The van der Waals surface area contributed by atoms with E-state index < -0.39 is 0 Å². The van der Waals surface area contributed by atoms with Crippen molar-refractivity contribution in [2.75, 3.05) is 11.1 Å². The van der Waals surface area contributed by atoms with E-state index in [1.165, 1.54) is 32.1 Å². The summed E-state index contributed by atoms with van der Waals surface area (Å²) in [6.07, 6.45) is 8.36. The molecule has 0 aliphatic heterocycles. The van der Waals surface area contributed by atoms with Crippen LogP contribution in [0.15, 0.2) is 6.20 Å². The van der Waals surface area contributed by atoms with Gasteiger partial charge in [-0.15, -0.1) is 0 Å². The summed E-state index contributed by atoms with van der Waals surface area (Å²) in [4.78, 5) is 0. The Morgan fingerprint density at radius 2 is 2.25 bits per heavy atom. The number of hydrogen-bond acceptors (Lipinski definition) is 3. The zero-order valence-corrected chi connectivity index (χ0v) is 10.2. The second kappa shape index (κ2) is 4.76. The molecule has 2 unspecified atom stereocenters. The number of rotatable bonds is 3. The molecular weight excluding hydrogens is 200 g/mol. The number of nitrogen functional groups attached to an aromatic ring is 1. The molecule has 90 valence electrons. The number of aromatic nitrogens is 2. The average molecular weight is 222 g/mol. The monoisotopic (exact) mass is 222 g/mol. The average Bonchev–Trinajstić information content (AvgIpc) is 2.58. The van der Waals surface area contributed by atoms with Gasteiger partial charge in [-0.05, 0) is 18.8 Å². The Morgan fingerprint density at radius 3 is 2.88 bits per heavy atom. The summed E-state index contributed by atoms with van der Waals surface area (Å²) in [5.41, 5.74) is 6.65. The molecule has 1 aliphatic carbocycles. The van der Waals surface area contributed by atoms with Gasteiger partial charge >= 0.3 is 0 Å². The maximum atomic E-state index is 5.90. The van der Waals surface area contributed by atoms with Crippen LogP contribution in [0.2, 0.25) is 0 Å². The number of hydrogen-bond donors (Lipinski definition) is 2. The molecule has 4 nitrogen and oxygen atoms in total. The third kappa shape index (κ3) is 2.31. The van der Waals surface area contributed by atoms with Gasteiger partial charge in [0.15, 0.2) is 5.82 Å². The van der Waals surface area contributed by atoms with E-state index in [0.29, 0.717) is 6.04 Å². The van der Waals surface area contributed by atoms with Gasteiger partial charge in [0, 0.05) is 19.3 Å². The van der Waals surface area contributed by atoms with E-state index in [1.807, 2.05) is 13.2 Å². The fourth-order valence-electron chi connectivity index (χ4n) is 2.68. The number of anilines is 2. The minimum atomic E-state index is 0.552. The molecule has 1 aromatic heterocycles. The Morgan fingerprint density at radius 1 is 1.50 bits per heavy atom. The zero-order chi connectivity index (χ0) is 11.5. The lowest BCUT2D eigenvalue weighted by Gasteiger charge is -2.31. The summed E-state index contributed by atoms with van der Waals surface area (Å²) in [5, 5.41) is 7.87. The van der Waals surface area contributed by atoms with Gasteiger partial charge in [0.25, 0.3) is 0 Å². The van der Waals surface area contributed by atoms with Crippen LogP contribution in [0.1, 0.15) is 39.0 Å². The molecule has 0 amide bonds. The van der Waals surface area contributed by atoms with Crippen molar-refractivity contribution in [1.29, 1.82) is 0 Å². The molecule has 0 aromatic carbocycles. The number of nitrogens with one attached hydrogen (secondary N) is 1. The number of nitrogens with zero attached hydrogens (tertiary/aromatic N) is 2. The van der Waals surface area contributed by atoms with Gasteiger partial charge in [-0.25, -0.2) is 0 Å². The number of nitrogens with two attached hydrogens (primary N) is 1. The van der Waals surface area contributed by atoms with Gasteiger partial charge in [-0.3, -0.25) is 4.68 Å². The van der Waals surface area contributed by atoms with Crippen LogP contribution in [0.5, 0.6) is 0 Å². The Balaban J connectivity index is 2.04. The summed E-state index contributed by atoms with van der Waals surface area (Å²) in [7, 11) is 1.90. The first kappa shape index (κ1) is 11.3. The Hall–Kier alpha value is -1.19. The third-order valence-electron chi connectivity index (χ3n) is 3.61. The zero-order valence-electron chi connectivity index (χ0n) is 10.2. The van der Waals surface area contributed by atoms with Gasteiger partial charge in [-0.1, -0.05) is 26.2 Å². The first-order chi connectivity index (χ1) is 7.70. The molecule has 0 radical (unpaired) electrons. The Kier molecular flexibility index (Phi) is 3.36. The summed E-state index contributed by atoms with van der Waals surface area (Å²) < 4.78 is 1.77. The van der Waals surface area contributed by atoms with Gasteiger partial charge in [0.1, 0.15) is 0 Å². The van der Waals surface area contributed by atoms with Crippen molar-refractivity contribution >= 4 is 11.5 Å². The highest BCUT2D eigenvalue weighted by molar-refractivity contribution is 5.60. The normalized spacial score (nSPS) is 25.6. The molecule has 0 bridgehead atoms. The summed E-state index contributed by atoms with van der Waals surface area (Å²) in [6.45, 7) is 2.27. The predicted molar refractivity (Wildman–Crippen MR) is 67.3 cm³/mol. The van der Waals surface area contributed by atoms with E-state index in [4.69, 9.17) is 5.73 Å². The summed E-state index contributed by atoms with van der Waals surface area (Å²) >= 11 is 0. The molecule has 3 N–H and O–H groups in total. The van der Waals surface area contributed by atoms with Crippen molar-refractivity contribution in [1.82, 2.24) is 9.78 Å². The molecule has 16 heavy (non-hydrogen) atoms. The van der Waals surface area contributed by atoms with E-state index in [0.717, 1.165) is 17.4 Å². The predicted octanol–water partition coefficient (Wildman–Crippen LogP) is 2.38. The van der Waals surface area contributed by atoms with Crippen LogP contribution in [0.3, 0.4) is 0 Å². The molecule has 0 spiro atoms. The second-order valence-corrected chi connectivity index (χ2v) is 4.81. The molecule has 2 rings (SSSR count). The summed E-state index contributed by atoms with van der Waals surface area (Å²) in [5.74, 6) is 1.63. The third-order valence-corrected chi connectivity index (χ3v) is 3.61. The highest BCUT2D eigenvalue weighted by Gasteiger charge is 2.24. The topological polar surface area (TPSA) is 55.9 Å². The highest BCUT2D eigenvalue weighted by atomic mass is 15.3. The van der Waals surface area contributed by atoms with Gasteiger partial charge < -0.3 is 11.1 Å². The maximum Gasteiger partial charge on any atom is 0.171 e. The van der Waals surface area contributed by atoms with Crippen LogP contribution < -0.4 is 11.1 Å². The van der Waals surface area contributed by atoms with Gasteiger partial charge in [0.05, 0.1) is 5.69 Å². The van der Waals surface area contributed by atoms with Crippen molar-refractivity contribution in [3.05, 3.63) is 6.20 Å². The van der Waals surface area contributed by atoms with E-state index in [2.05, 4.69) is 17.3 Å². The Bertz CT molecular complexity index is 345. The summed E-state index contributed by atoms with van der Waals surface area (Å²) in [6, 6.07) is 0.552. The van der Waals surface area contributed by atoms with E-state index >= 15 is 0 Å². The molecule has 2 atom stereocenters. The molecule has 1 fully saturated rings. The minimum absolute atomic E-state index is 0.552. The molecule has 0 saturated heterocycles. The van der Waals surface area contributed by atoms with Crippen LogP contribution >= 0.6 is 0 Å². The molecule has 4 heteroatoms. The maximum absolute atomic E-state index is 5.90. The molecule has 1 aliphatic rings. The van der Waals surface area contributed by atoms with Crippen molar-refractivity contribution in [3.63, 3.8) is 0 Å². The quantitative estimate of drug-likeness (QED) is 0.825. The lowest BCUT2D eigenvalue weighted by Crippen LogP contribution is -2.32. The van der Waals surface area contributed by atoms with Crippen LogP contribution in [0, 0.1) is 5.92 Å². The molecule has 1 saturated carbocycles. The van der Waals surface area contributed by atoms with E-state index in [1.54, 1.807) is 4.68 Å². The first-order valence-corrected chi connectivity index (χ1v) is 6.26. The standard InChI is InChI=1S/C12H22N4/c1-3-9-6-4-5-7-11(9)14-12-10(13)8-16(2)15-12/h8-9,11H,3-7,13H2,1-2H3,(H,14,15). The molecular formula is C12H22N4. The van der Waals surface area contributed by atoms with Crippen LogP contribution in [-0.4, -0.2) is 15.8 Å². The van der Waals surface area contributed by atoms with Crippen molar-refractivity contribution in [3.8, 4) is 0 Å². The van der Waals surface area contributed by atoms with Gasteiger partial charge in [0.2, 0.25) is 0 Å². The fourth-order valence-corrected chi connectivity index (χ4v) is 2.68. The minimum Gasteiger partial charge on any atom is -0.394 e. The number of aryl methyl sites for hydroxylation is 1. The first-order valence-electron chi connectivity index (χ1n) is 6.26. The van der Waals surface area contributed by atoms with Crippen molar-refractivity contribution in [2.45, 2.75) is 45.1 Å². The second-order valence-electron chi connectivity index (χ2n) is 4.81. The van der Waals surface area contributed by atoms with Crippen LogP contribution in [-0.2, 0) is 7.05 Å². The molecule has 1 aromatic rings. The van der Waals surface area contributed by atoms with E-state index in [9.17, 15) is 0 Å².